The van der Waals surface area contributed by atoms with Crippen LogP contribution in [0.1, 0.15) is 12.2 Å². The number of tetrazole rings is 1. The molecule has 2 heterocycles. The largest absolute Gasteiger partial charge is 0.324 e. The summed E-state index contributed by atoms with van der Waals surface area (Å²) in [6.07, 6.45) is 0.783. The molecule has 1 aromatic heterocycles. The molecule has 2 N–H and O–H groups in total. The minimum Gasteiger partial charge on any atom is -0.324 e. The lowest BCUT2D eigenvalue weighted by Gasteiger charge is -2.20. The van der Waals surface area contributed by atoms with E-state index in [0.29, 0.717) is 18.7 Å². The molecule has 0 saturated carbocycles. The van der Waals surface area contributed by atoms with Crippen LogP contribution in [-0.4, -0.2) is 45.7 Å². The Labute approximate surface area is 116 Å². The molecule has 1 saturated heterocycles. The molecule has 8 heteroatoms. The highest BCUT2D eigenvalue weighted by Crippen LogP contribution is 2.24. The fourth-order valence-electron chi connectivity index (χ4n) is 2.48. The van der Waals surface area contributed by atoms with Crippen LogP contribution in [0.15, 0.2) is 30.3 Å². The number of hydrogen-bond acceptors (Lipinski definition) is 6. The molecule has 1 unspecified atom stereocenters. The Hall–Kier alpha value is -1.80. The Kier molecular flexibility index (Phi) is 3.06. The molecule has 0 bridgehead atoms. The van der Waals surface area contributed by atoms with Crippen molar-refractivity contribution in [3.63, 3.8) is 0 Å². The fraction of sp³-hybridized carbons (Fsp3) is 0.417. The summed E-state index contributed by atoms with van der Waals surface area (Å²) < 4.78 is 24.8. The SMILES string of the molecule is NC1(Cc2nnnn2-c2ccccc2)CCS(=O)(=O)C1. The molecule has 1 aromatic carbocycles. The number of rotatable bonds is 3. The van der Waals surface area contributed by atoms with Gasteiger partial charge < -0.3 is 5.73 Å². The summed E-state index contributed by atoms with van der Waals surface area (Å²) in [6, 6.07) is 9.45. The normalized spacial score (nSPS) is 24.9. The van der Waals surface area contributed by atoms with Gasteiger partial charge in [-0.15, -0.1) is 5.10 Å². The van der Waals surface area contributed by atoms with Gasteiger partial charge in [0.15, 0.2) is 15.7 Å². The standard InChI is InChI=1S/C12H15N5O2S/c13-12(6-7-20(18,19)9-12)8-11-14-15-16-17(11)10-4-2-1-3-5-10/h1-5H,6-9,13H2. The second-order valence-corrected chi connectivity index (χ2v) is 7.41. The van der Waals surface area contributed by atoms with E-state index in [1.165, 1.54) is 0 Å². The van der Waals surface area contributed by atoms with Crippen molar-refractivity contribution in [1.82, 2.24) is 20.2 Å². The molecule has 7 nitrogen and oxygen atoms in total. The van der Waals surface area contributed by atoms with E-state index in [1.807, 2.05) is 30.3 Å². The van der Waals surface area contributed by atoms with E-state index in [2.05, 4.69) is 15.5 Å². The molecule has 0 radical (unpaired) electrons. The molecule has 0 spiro atoms. The Morgan fingerprint density at radius 1 is 1.30 bits per heavy atom. The molecule has 20 heavy (non-hydrogen) atoms. The van der Waals surface area contributed by atoms with E-state index in [4.69, 9.17) is 5.73 Å². The van der Waals surface area contributed by atoms with Crippen LogP contribution in [0, 0.1) is 0 Å². The second kappa shape index (κ2) is 4.64. The zero-order valence-corrected chi connectivity index (χ0v) is 11.6. The van der Waals surface area contributed by atoms with E-state index in [9.17, 15) is 8.42 Å². The summed E-state index contributed by atoms with van der Waals surface area (Å²) >= 11 is 0. The Balaban J connectivity index is 1.89. The molecule has 1 aliphatic heterocycles. The number of sulfone groups is 1. The van der Waals surface area contributed by atoms with Gasteiger partial charge >= 0.3 is 0 Å². The molecule has 1 aliphatic rings. The third-order valence-electron chi connectivity index (χ3n) is 3.46. The van der Waals surface area contributed by atoms with Crippen molar-refractivity contribution < 1.29 is 8.42 Å². The smallest absolute Gasteiger partial charge is 0.158 e. The lowest BCUT2D eigenvalue weighted by Crippen LogP contribution is -2.44. The fourth-order valence-corrected chi connectivity index (χ4v) is 4.47. The number of nitrogens with two attached hydrogens (primary N) is 1. The van der Waals surface area contributed by atoms with Gasteiger partial charge in [-0.3, -0.25) is 0 Å². The molecule has 3 rings (SSSR count). The van der Waals surface area contributed by atoms with Crippen molar-refractivity contribution in [2.24, 2.45) is 5.73 Å². The van der Waals surface area contributed by atoms with Crippen LogP contribution in [0.5, 0.6) is 0 Å². The summed E-state index contributed by atoms with van der Waals surface area (Å²) in [4.78, 5) is 0. The first-order valence-corrected chi connectivity index (χ1v) is 8.12. The van der Waals surface area contributed by atoms with Crippen molar-refractivity contribution in [1.29, 1.82) is 0 Å². The van der Waals surface area contributed by atoms with Crippen LogP contribution in [0.3, 0.4) is 0 Å². The minimum atomic E-state index is -3.04. The molecule has 0 aliphatic carbocycles. The van der Waals surface area contributed by atoms with Crippen LogP contribution >= 0.6 is 0 Å². The summed E-state index contributed by atoms with van der Waals surface area (Å²) in [5.41, 5.74) is 6.24. The van der Waals surface area contributed by atoms with Gasteiger partial charge in [-0.1, -0.05) is 18.2 Å². The van der Waals surface area contributed by atoms with Gasteiger partial charge in [0.25, 0.3) is 0 Å². The van der Waals surface area contributed by atoms with Crippen LogP contribution in [0.2, 0.25) is 0 Å². The van der Waals surface area contributed by atoms with Gasteiger partial charge in [-0.25, -0.2) is 8.42 Å². The van der Waals surface area contributed by atoms with Crippen molar-refractivity contribution in [2.45, 2.75) is 18.4 Å². The Morgan fingerprint density at radius 2 is 2.05 bits per heavy atom. The highest BCUT2D eigenvalue weighted by Gasteiger charge is 2.40. The molecule has 2 aromatic rings. The van der Waals surface area contributed by atoms with Gasteiger partial charge in [-0.2, -0.15) is 4.68 Å². The zero-order chi connectivity index (χ0) is 14.2. The molecule has 0 amide bonds. The first-order chi connectivity index (χ1) is 9.48. The van der Waals surface area contributed by atoms with Gasteiger partial charge in [-0.05, 0) is 29.0 Å². The van der Waals surface area contributed by atoms with Crippen molar-refractivity contribution >= 4 is 9.84 Å². The maximum Gasteiger partial charge on any atom is 0.158 e. The topological polar surface area (TPSA) is 104 Å². The minimum absolute atomic E-state index is 0.0123. The monoisotopic (exact) mass is 293 g/mol. The second-order valence-electron chi connectivity index (χ2n) is 5.22. The lowest BCUT2D eigenvalue weighted by molar-refractivity contribution is 0.459. The highest BCUT2D eigenvalue weighted by molar-refractivity contribution is 7.91. The van der Waals surface area contributed by atoms with E-state index < -0.39 is 15.4 Å². The van der Waals surface area contributed by atoms with Crippen LogP contribution in [0.25, 0.3) is 5.69 Å². The summed E-state index contributed by atoms with van der Waals surface area (Å²) in [5, 5.41) is 11.6. The zero-order valence-electron chi connectivity index (χ0n) is 10.8. The average Bonchev–Trinajstić information content (AvgIpc) is 2.95. The van der Waals surface area contributed by atoms with Crippen LogP contribution in [-0.2, 0) is 16.3 Å². The third kappa shape index (κ3) is 2.56. The molecule has 106 valence electrons. The third-order valence-corrected chi connectivity index (χ3v) is 5.30. The molecular formula is C12H15N5O2S. The quantitative estimate of drug-likeness (QED) is 0.834. The van der Waals surface area contributed by atoms with E-state index in [1.54, 1.807) is 4.68 Å². The first-order valence-electron chi connectivity index (χ1n) is 6.30. The summed E-state index contributed by atoms with van der Waals surface area (Å²) in [5.74, 6) is 0.703. The van der Waals surface area contributed by atoms with Crippen molar-refractivity contribution in [3.8, 4) is 5.69 Å². The maximum absolute atomic E-state index is 11.6. The van der Waals surface area contributed by atoms with Crippen LogP contribution < -0.4 is 5.73 Å². The summed E-state index contributed by atoms with van der Waals surface area (Å²) in [6.45, 7) is 0. The predicted molar refractivity (Wildman–Crippen MR) is 73.0 cm³/mol. The number of para-hydroxylation sites is 1. The number of benzene rings is 1. The average molecular weight is 293 g/mol. The van der Waals surface area contributed by atoms with Crippen LogP contribution in [0.4, 0.5) is 0 Å². The van der Waals surface area contributed by atoms with Crippen molar-refractivity contribution in [3.05, 3.63) is 36.2 Å². The lowest BCUT2D eigenvalue weighted by atomic mass is 9.96. The predicted octanol–water partition coefficient (Wildman–Crippen LogP) is -0.279. The van der Waals surface area contributed by atoms with Gasteiger partial charge in [0, 0.05) is 12.0 Å². The van der Waals surface area contributed by atoms with E-state index in [-0.39, 0.29) is 11.5 Å². The molecule has 1 atom stereocenters. The van der Waals surface area contributed by atoms with E-state index in [0.717, 1.165) is 5.69 Å². The van der Waals surface area contributed by atoms with Gasteiger partial charge in [0.1, 0.15) is 0 Å². The first kappa shape index (κ1) is 13.2. The maximum atomic E-state index is 11.6. The van der Waals surface area contributed by atoms with Crippen molar-refractivity contribution in [2.75, 3.05) is 11.5 Å². The van der Waals surface area contributed by atoms with Gasteiger partial charge in [0.2, 0.25) is 0 Å². The van der Waals surface area contributed by atoms with E-state index >= 15 is 0 Å². The van der Waals surface area contributed by atoms with Gasteiger partial charge in [0.05, 0.1) is 17.2 Å². The number of hydrogen-bond donors (Lipinski definition) is 1. The highest BCUT2D eigenvalue weighted by atomic mass is 32.2. The summed E-state index contributed by atoms with van der Waals surface area (Å²) in [7, 11) is -3.04. The molecule has 1 fully saturated rings. The Morgan fingerprint density at radius 3 is 2.70 bits per heavy atom. The molecular weight excluding hydrogens is 278 g/mol. The number of nitrogens with zero attached hydrogens (tertiary/aromatic N) is 4. The Bertz CT molecular complexity index is 712. The number of aromatic nitrogens is 4.